The number of anilines is 2. The third-order valence-electron chi connectivity index (χ3n) is 3.00. The van der Waals surface area contributed by atoms with E-state index in [-0.39, 0.29) is 5.69 Å². The summed E-state index contributed by atoms with van der Waals surface area (Å²) in [4.78, 5) is -0.462. The summed E-state index contributed by atoms with van der Waals surface area (Å²) in [6, 6.07) is 8.55. The van der Waals surface area contributed by atoms with Crippen LogP contribution in [0.15, 0.2) is 41.3 Å². The van der Waals surface area contributed by atoms with E-state index in [0.717, 1.165) is 23.3 Å². The largest absolute Gasteiger partial charge is 0.399 e. The van der Waals surface area contributed by atoms with Gasteiger partial charge in [0.05, 0.1) is 0 Å². The van der Waals surface area contributed by atoms with Crippen LogP contribution in [0, 0.1) is 19.7 Å². The molecule has 6 heteroatoms. The highest BCUT2D eigenvalue weighted by molar-refractivity contribution is 7.92. The average Bonchev–Trinajstić information content (AvgIpc) is 2.36. The van der Waals surface area contributed by atoms with Gasteiger partial charge in [0, 0.05) is 11.4 Å². The van der Waals surface area contributed by atoms with Gasteiger partial charge in [-0.05, 0) is 55.3 Å². The lowest BCUT2D eigenvalue weighted by atomic mass is 10.1. The Bertz CT molecular complexity index is 758. The maximum absolute atomic E-state index is 13.6. The summed E-state index contributed by atoms with van der Waals surface area (Å²) in [6.45, 7) is 3.79. The van der Waals surface area contributed by atoms with Gasteiger partial charge in [-0.3, -0.25) is 4.72 Å². The second-order valence-electron chi connectivity index (χ2n) is 4.59. The topological polar surface area (TPSA) is 72.2 Å². The Morgan fingerprint density at radius 1 is 1.05 bits per heavy atom. The summed E-state index contributed by atoms with van der Waals surface area (Å²) in [7, 11) is -4.00. The van der Waals surface area contributed by atoms with Gasteiger partial charge in [0.15, 0.2) is 0 Å². The number of halogens is 1. The molecule has 0 aliphatic heterocycles. The molecule has 0 spiro atoms. The van der Waals surface area contributed by atoms with Gasteiger partial charge in [-0.15, -0.1) is 0 Å². The number of hydrogen-bond donors (Lipinski definition) is 2. The zero-order valence-corrected chi connectivity index (χ0v) is 12.0. The van der Waals surface area contributed by atoms with Crippen LogP contribution in [0.3, 0.4) is 0 Å². The zero-order valence-electron chi connectivity index (χ0n) is 11.1. The van der Waals surface area contributed by atoms with Crippen molar-refractivity contribution >= 4 is 21.4 Å². The van der Waals surface area contributed by atoms with Gasteiger partial charge in [0.1, 0.15) is 10.7 Å². The van der Waals surface area contributed by atoms with Gasteiger partial charge in [-0.25, -0.2) is 12.8 Å². The van der Waals surface area contributed by atoms with Gasteiger partial charge < -0.3 is 5.73 Å². The second-order valence-corrected chi connectivity index (χ2v) is 6.25. The van der Waals surface area contributed by atoms with Crippen LogP contribution in [0.5, 0.6) is 0 Å². The number of aryl methyl sites for hydroxylation is 2. The molecule has 0 aliphatic rings. The molecular formula is C14H15FN2O2S. The molecule has 4 nitrogen and oxygen atoms in total. The van der Waals surface area contributed by atoms with Gasteiger partial charge in [0.2, 0.25) is 0 Å². The molecule has 0 amide bonds. The number of nitrogens with one attached hydrogen (secondary N) is 1. The first kappa shape index (κ1) is 14.3. The molecule has 2 aromatic carbocycles. The Morgan fingerprint density at radius 3 is 2.40 bits per heavy atom. The fourth-order valence-corrected chi connectivity index (χ4v) is 2.90. The predicted molar refractivity (Wildman–Crippen MR) is 77.5 cm³/mol. The molecule has 0 saturated heterocycles. The number of benzene rings is 2. The van der Waals surface area contributed by atoms with Crippen molar-refractivity contribution in [2.45, 2.75) is 18.7 Å². The lowest BCUT2D eigenvalue weighted by Crippen LogP contribution is -2.15. The molecule has 20 heavy (non-hydrogen) atoms. The van der Waals surface area contributed by atoms with Crippen LogP contribution in [-0.4, -0.2) is 8.42 Å². The fraction of sp³-hybridized carbons (Fsp3) is 0.143. The Kier molecular flexibility index (Phi) is 3.67. The minimum absolute atomic E-state index is 0.187. The Labute approximate surface area is 117 Å². The van der Waals surface area contributed by atoms with Crippen molar-refractivity contribution in [1.29, 1.82) is 0 Å². The maximum atomic E-state index is 13.6. The van der Waals surface area contributed by atoms with E-state index in [1.165, 1.54) is 6.07 Å². The normalized spacial score (nSPS) is 11.3. The lowest BCUT2D eigenvalue weighted by Gasteiger charge is -2.11. The highest BCUT2D eigenvalue weighted by Gasteiger charge is 2.19. The predicted octanol–water partition coefficient (Wildman–Crippen LogP) is 2.83. The molecule has 106 valence electrons. The molecule has 0 unspecified atom stereocenters. The van der Waals surface area contributed by atoms with Crippen LogP contribution in [0.25, 0.3) is 0 Å². The zero-order chi connectivity index (χ0) is 14.9. The van der Waals surface area contributed by atoms with Crippen LogP contribution in [0.4, 0.5) is 15.8 Å². The molecule has 0 heterocycles. The molecule has 0 atom stereocenters. The Balaban J connectivity index is 2.40. The van der Waals surface area contributed by atoms with Crippen molar-refractivity contribution in [2.24, 2.45) is 0 Å². The molecule has 2 rings (SSSR count). The SMILES string of the molecule is Cc1ccc(NS(=O)(=O)c2cc(N)ccc2F)cc1C. The fourth-order valence-electron chi connectivity index (χ4n) is 1.74. The number of hydrogen-bond acceptors (Lipinski definition) is 3. The Hall–Kier alpha value is -2.08. The van der Waals surface area contributed by atoms with Crippen LogP contribution in [-0.2, 0) is 10.0 Å². The van der Waals surface area contributed by atoms with Gasteiger partial charge >= 0.3 is 0 Å². The Morgan fingerprint density at radius 2 is 1.75 bits per heavy atom. The van der Waals surface area contributed by atoms with E-state index < -0.39 is 20.7 Å². The van der Waals surface area contributed by atoms with Crippen molar-refractivity contribution in [3.05, 3.63) is 53.3 Å². The third kappa shape index (κ3) is 2.91. The van der Waals surface area contributed by atoms with Crippen LogP contribution in [0.1, 0.15) is 11.1 Å². The van der Waals surface area contributed by atoms with Crippen molar-refractivity contribution in [2.75, 3.05) is 10.5 Å². The lowest BCUT2D eigenvalue weighted by molar-refractivity contribution is 0.570. The third-order valence-corrected chi connectivity index (χ3v) is 4.40. The summed E-state index contributed by atoms with van der Waals surface area (Å²) in [6.07, 6.45) is 0. The minimum atomic E-state index is -4.00. The first-order valence-electron chi connectivity index (χ1n) is 5.95. The molecule has 2 aromatic rings. The van der Waals surface area contributed by atoms with E-state index in [1.807, 2.05) is 13.8 Å². The second kappa shape index (κ2) is 5.13. The molecule has 0 aliphatic carbocycles. The van der Waals surface area contributed by atoms with Gasteiger partial charge in [0.25, 0.3) is 10.0 Å². The van der Waals surface area contributed by atoms with E-state index in [4.69, 9.17) is 5.73 Å². The summed E-state index contributed by atoms with van der Waals surface area (Å²) in [5.41, 5.74) is 8.06. The quantitative estimate of drug-likeness (QED) is 0.855. The minimum Gasteiger partial charge on any atom is -0.399 e. The monoisotopic (exact) mass is 294 g/mol. The number of sulfonamides is 1. The van der Waals surface area contributed by atoms with E-state index in [1.54, 1.807) is 18.2 Å². The summed E-state index contributed by atoms with van der Waals surface area (Å²) < 4.78 is 40.3. The summed E-state index contributed by atoms with van der Waals surface area (Å²) >= 11 is 0. The molecule has 0 fully saturated rings. The van der Waals surface area contributed by atoms with Gasteiger partial charge in [-0.2, -0.15) is 0 Å². The first-order valence-corrected chi connectivity index (χ1v) is 7.43. The van der Waals surface area contributed by atoms with Crippen LogP contribution < -0.4 is 10.5 Å². The van der Waals surface area contributed by atoms with Crippen molar-refractivity contribution in [3.63, 3.8) is 0 Å². The highest BCUT2D eigenvalue weighted by Crippen LogP contribution is 2.22. The smallest absolute Gasteiger partial charge is 0.264 e. The molecular weight excluding hydrogens is 279 g/mol. The average molecular weight is 294 g/mol. The number of nitrogen functional groups attached to an aromatic ring is 1. The van der Waals surface area contributed by atoms with Gasteiger partial charge in [-0.1, -0.05) is 6.07 Å². The molecule has 0 saturated carbocycles. The van der Waals surface area contributed by atoms with E-state index in [0.29, 0.717) is 5.69 Å². The van der Waals surface area contributed by atoms with Crippen LogP contribution >= 0.6 is 0 Å². The maximum Gasteiger partial charge on any atom is 0.264 e. The van der Waals surface area contributed by atoms with E-state index in [9.17, 15) is 12.8 Å². The molecule has 0 aromatic heterocycles. The van der Waals surface area contributed by atoms with E-state index in [2.05, 4.69) is 4.72 Å². The summed E-state index contributed by atoms with van der Waals surface area (Å²) in [5, 5.41) is 0. The van der Waals surface area contributed by atoms with E-state index >= 15 is 0 Å². The highest BCUT2D eigenvalue weighted by atomic mass is 32.2. The summed E-state index contributed by atoms with van der Waals surface area (Å²) in [5.74, 6) is -0.837. The van der Waals surface area contributed by atoms with Crippen molar-refractivity contribution < 1.29 is 12.8 Å². The molecule has 0 bridgehead atoms. The molecule has 3 N–H and O–H groups in total. The number of nitrogens with two attached hydrogens (primary N) is 1. The van der Waals surface area contributed by atoms with Crippen molar-refractivity contribution in [3.8, 4) is 0 Å². The number of rotatable bonds is 3. The standard InChI is InChI=1S/C14H15FN2O2S/c1-9-3-5-12(7-10(9)2)17-20(18,19)14-8-11(16)4-6-13(14)15/h3-8,17H,16H2,1-2H3. The first-order chi connectivity index (χ1) is 9.29. The molecule has 0 radical (unpaired) electrons. The van der Waals surface area contributed by atoms with Crippen molar-refractivity contribution in [1.82, 2.24) is 0 Å². The van der Waals surface area contributed by atoms with Crippen LogP contribution in [0.2, 0.25) is 0 Å².